The minimum Gasteiger partial charge on any atom is -0.870 e. The molecule has 0 aliphatic rings. The Hall–Kier alpha value is 1.39. The van der Waals surface area contributed by atoms with Gasteiger partial charge in [-0.05, 0) is 0 Å². The second-order valence-electron chi connectivity index (χ2n) is 0. The Kier molecular flexibility index (Phi) is 1040. The normalized spacial score (nSPS) is 0. The van der Waals surface area contributed by atoms with Crippen molar-refractivity contribution in [1.29, 1.82) is 0 Å². The van der Waals surface area contributed by atoms with Gasteiger partial charge in [0.15, 0.2) is 0 Å². The van der Waals surface area contributed by atoms with E-state index in [1.807, 2.05) is 0 Å². The van der Waals surface area contributed by atoms with Crippen LogP contribution in [0.15, 0.2) is 0 Å². The van der Waals surface area contributed by atoms with Gasteiger partial charge >= 0.3 is 46.3 Å². The van der Waals surface area contributed by atoms with Crippen molar-refractivity contribution in [2.45, 2.75) is 0 Å². The zero-order valence-electron chi connectivity index (χ0n) is 2.67. The van der Waals surface area contributed by atoms with Crippen molar-refractivity contribution < 1.29 is 62.8 Å². The Morgan fingerprint density at radius 2 is 0.600 bits per heavy atom. The predicted octanol–water partition coefficient (Wildman–Crippen LogP) is -3.53. The van der Waals surface area contributed by atoms with Crippen LogP contribution in [0, 0.1) is 0 Å². The second kappa shape index (κ2) is 53.9. The third-order valence-corrected chi connectivity index (χ3v) is 0. The van der Waals surface area contributed by atoms with Gasteiger partial charge in [0.1, 0.15) is 0 Å². The summed E-state index contributed by atoms with van der Waals surface area (Å²) in [7, 11) is 0. The molecule has 5 heteroatoms. The van der Waals surface area contributed by atoms with Crippen LogP contribution in [0.4, 0.5) is 0 Å². The molecule has 0 bridgehead atoms. The van der Waals surface area contributed by atoms with E-state index in [1.165, 1.54) is 0 Å². The zero-order chi connectivity index (χ0) is 0. The first kappa shape index (κ1) is 96.4. The molecule has 0 fully saturated rings. The summed E-state index contributed by atoms with van der Waals surface area (Å²) in [6.45, 7) is 0. The maximum absolute atomic E-state index is 0. The van der Waals surface area contributed by atoms with Crippen molar-refractivity contribution in [3.63, 3.8) is 0 Å². The van der Waals surface area contributed by atoms with E-state index < -0.39 is 0 Å². The largest absolute Gasteiger partial charge is 2.00 e. The van der Waals surface area contributed by atoms with E-state index in [4.69, 9.17) is 0 Å². The molecule has 0 saturated heterocycles. The molecular weight excluding hydrogens is 130 g/mol. The minimum absolute atomic E-state index is 0. The van der Waals surface area contributed by atoms with Crippen LogP contribution in [0.5, 0.6) is 0 Å². The third-order valence-electron chi connectivity index (χ3n) is 0. The molecule has 0 aromatic heterocycles. The summed E-state index contributed by atoms with van der Waals surface area (Å²) in [5.74, 6) is 0. The minimum atomic E-state index is 0. The van der Waals surface area contributed by atoms with Crippen LogP contribution in [0.25, 0.3) is 0 Å². The maximum Gasteiger partial charge on any atom is 2.00 e. The van der Waals surface area contributed by atoms with Crippen LogP contribution in [-0.4, -0.2) is 16.4 Å². The first-order valence-corrected chi connectivity index (χ1v) is 0. The van der Waals surface area contributed by atoms with E-state index >= 15 is 0 Å². The average Bonchev–Trinajstić information content (AvgIpc) is 0. The summed E-state index contributed by atoms with van der Waals surface area (Å²) >= 11 is 0. The Labute approximate surface area is 62.5 Å². The summed E-state index contributed by atoms with van der Waals surface area (Å²) in [5, 5.41) is 0. The Balaban J connectivity index is 0. The standard InChI is InChI=1S/Co.Na.3H2O/h;;3*1H2/q+2;+1;;;/p-3. The molecule has 3 N–H and O–H groups in total. The predicted molar refractivity (Wildman–Crippen MR) is 5.81 cm³/mol. The van der Waals surface area contributed by atoms with E-state index in [1.54, 1.807) is 0 Å². The molecule has 0 amide bonds. The summed E-state index contributed by atoms with van der Waals surface area (Å²) in [6.07, 6.45) is 0. The SMILES string of the molecule is [Co+2].[Na+].[OH-].[OH-].[OH-]. The van der Waals surface area contributed by atoms with Gasteiger partial charge in [0.25, 0.3) is 0 Å². The van der Waals surface area contributed by atoms with Crippen molar-refractivity contribution in [2.75, 3.05) is 0 Å². The fourth-order valence-corrected chi connectivity index (χ4v) is 0. The van der Waals surface area contributed by atoms with Crippen molar-refractivity contribution in [2.24, 2.45) is 0 Å². The summed E-state index contributed by atoms with van der Waals surface area (Å²) in [5.41, 5.74) is 0. The summed E-state index contributed by atoms with van der Waals surface area (Å²) in [4.78, 5) is 0. The van der Waals surface area contributed by atoms with E-state index in [0.29, 0.717) is 0 Å². The van der Waals surface area contributed by atoms with Crippen LogP contribution < -0.4 is 29.6 Å². The van der Waals surface area contributed by atoms with Crippen molar-refractivity contribution in [3.05, 3.63) is 0 Å². The van der Waals surface area contributed by atoms with Gasteiger partial charge in [0.05, 0.1) is 0 Å². The van der Waals surface area contributed by atoms with E-state index in [2.05, 4.69) is 0 Å². The Bertz CT molecular complexity index is 6.85. The second-order valence-corrected chi connectivity index (χ2v) is 0. The van der Waals surface area contributed by atoms with Gasteiger partial charge in [-0.2, -0.15) is 0 Å². The van der Waals surface area contributed by atoms with Crippen LogP contribution in [0.2, 0.25) is 0 Å². The van der Waals surface area contributed by atoms with Crippen molar-refractivity contribution in [3.8, 4) is 0 Å². The van der Waals surface area contributed by atoms with Gasteiger partial charge < -0.3 is 16.4 Å². The molecule has 0 aliphatic heterocycles. The molecule has 3 nitrogen and oxygen atoms in total. The van der Waals surface area contributed by atoms with E-state index in [-0.39, 0.29) is 62.8 Å². The fourth-order valence-electron chi connectivity index (χ4n) is 0. The number of hydrogen-bond acceptors (Lipinski definition) is 3. The quantitative estimate of drug-likeness (QED) is 0.320. The molecule has 0 unspecified atom stereocenters. The van der Waals surface area contributed by atoms with Gasteiger partial charge in [0.2, 0.25) is 0 Å². The van der Waals surface area contributed by atoms with Gasteiger partial charge in [-0.3, -0.25) is 0 Å². The van der Waals surface area contributed by atoms with Gasteiger partial charge in [-0.25, -0.2) is 0 Å². The third kappa shape index (κ3) is 32.1. The molecule has 31 valence electrons. The van der Waals surface area contributed by atoms with Crippen LogP contribution in [0.3, 0.4) is 0 Å². The van der Waals surface area contributed by atoms with Crippen molar-refractivity contribution in [1.82, 2.24) is 0 Å². The zero-order valence-corrected chi connectivity index (χ0v) is 5.72. The topological polar surface area (TPSA) is 90.0 Å². The van der Waals surface area contributed by atoms with Gasteiger partial charge in [-0.1, -0.05) is 0 Å². The fraction of sp³-hybridized carbons (Fsp3) is 0. The Morgan fingerprint density at radius 1 is 0.600 bits per heavy atom. The molecule has 1 radical (unpaired) electrons. The molecule has 0 spiro atoms. The molecule has 0 heterocycles. The molecule has 5 heavy (non-hydrogen) atoms. The molecule has 0 aliphatic carbocycles. The monoisotopic (exact) mass is 133 g/mol. The molecule has 0 rings (SSSR count). The van der Waals surface area contributed by atoms with E-state index in [9.17, 15) is 0 Å². The Morgan fingerprint density at radius 3 is 0.600 bits per heavy atom. The number of rotatable bonds is 0. The smallest absolute Gasteiger partial charge is 0.870 e. The molecule has 0 aromatic rings. The van der Waals surface area contributed by atoms with Gasteiger partial charge in [-0.15, -0.1) is 0 Å². The van der Waals surface area contributed by atoms with E-state index in [0.717, 1.165) is 0 Å². The molecule has 0 aromatic carbocycles. The molecular formula is H3CoNaO3. The molecule has 0 atom stereocenters. The van der Waals surface area contributed by atoms with Gasteiger partial charge in [0, 0.05) is 0 Å². The van der Waals surface area contributed by atoms with Crippen LogP contribution in [0.1, 0.15) is 0 Å². The first-order valence-electron chi connectivity index (χ1n) is 0. The van der Waals surface area contributed by atoms with Crippen LogP contribution >= 0.6 is 0 Å². The van der Waals surface area contributed by atoms with Crippen molar-refractivity contribution >= 4 is 0 Å². The average molecular weight is 133 g/mol. The number of hydrogen-bond donors (Lipinski definition) is 0. The first-order chi connectivity index (χ1) is 0. The molecule has 0 saturated carbocycles. The summed E-state index contributed by atoms with van der Waals surface area (Å²) in [6, 6.07) is 0. The summed E-state index contributed by atoms with van der Waals surface area (Å²) < 4.78 is 0. The van der Waals surface area contributed by atoms with Crippen LogP contribution in [-0.2, 0) is 16.8 Å². The maximum atomic E-state index is 0.